The van der Waals surface area contributed by atoms with E-state index in [0.717, 1.165) is 38.1 Å². The Kier molecular flexibility index (Phi) is 5.73. The van der Waals surface area contributed by atoms with Gasteiger partial charge < -0.3 is 15.0 Å². The van der Waals surface area contributed by atoms with Crippen LogP contribution in [0.5, 0.6) is 0 Å². The fraction of sp³-hybridized carbons (Fsp3) is 0.435. The van der Waals surface area contributed by atoms with E-state index < -0.39 is 0 Å². The zero-order valence-electron chi connectivity index (χ0n) is 15.8. The van der Waals surface area contributed by atoms with Gasteiger partial charge in [-0.3, -0.25) is 0 Å². The first-order valence-electron chi connectivity index (χ1n) is 10.1. The van der Waals surface area contributed by atoms with E-state index >= 15 is 0 Å². The van der Waals surface area contributed by atoms with E-state index in [1.54, 1.807) is 0 Å². The quantitative estimate of drug-likeness (QED) is 0.774. The van der Waals surface area contributed by atoms with Crippen molar-refractivity contribution < 1.29 is 9.53 Å². The van der Waals surface area contributed by atoms with Crippen molar-refractivity contribution in [2.75, 3.05) is 25.0 Å². The second-order valence-corrected chi connectivity index (χ2v) is 7.78. The summed E-state index contributed by atoms with van der Waals surface area (Å²) in [7, 11) is 0. The van der Waals surface area contributed by atoms with Crippen molar-refractivity contribution in [1.82, 2.24) is 4.90 Å². The van der Waals surface area contributed by atoms with Crippen LogP contribution in [0.25, 0.3) is 0 Å². The van der Waals surface area contributed by atoms with Gasteiger partial charge in [0.1, 0.15) is 0 Å². The molecule has 0 unspecified atom stereocenters. The highest BCUT2D eigenvalue weighted by molar-refractivity contribution is 5.89. The SMILES string of the molecule is O=C(Nc1cccc(Cc2ccccc2)c1)N(CC1CC1)C[C@@H]1CCCO1. The van der Waals surface area contributed by atoms with Crippen LogP contribution >= 0.6 is 0 Å². The average molecular weight is 364 g/mol. The van der Waals surface area contributed by atoms with Gasteiger partial charge in [0, 0.05) is 25.4 Å². The van der Waals surface area contributed by atoms with Gasteiger partial charge in [-0.15, -0.1) is 0 Å². The smallest absolute Gasteiger partial charge is 0.321 e. The van der Waals surface area contributed by atoms with Gasteiger partial charge in [0.2, 0.25) is 0 Å². The Balaban J connectivity index is 1.39. The lowest BCUT2D eigenvalue weighted by molar-refractivity contribution is 0.0825. The minimum Gasteiger partial charge on any atom is -0.376 e. The molecule has 4 rings (SSSR count). The first-order valence-corrected chi connectivity index (χ1v) is 10.1. The topological polar surface area (TPSA) is 41.6 Å². The van der Waals surface area contributed by atoms with Crippen LogP contribution in [0.15, 0.2) is 54.6 Å². The number of anilines is 1. The number of hydrogen-bond acceptors (Lipinski definition) is 2. The summed E-state index contributed by atoms with van der Waals surface area (Å²) in [5, 5.41) is 3.11. The predicted molar refractivity (Wildman–Crippen MR) is 108 cm³/mol. The lowest BCUT2D eigenvalue weighted by atomic mass is 10.0. The van der Waals surface area contributed by atoms with Crippen LogP contribution in [0.4, 0.5) is 10.5 Å². The van der Waals surface area contributed by atoms with Gasteiger partial charge in [-0.1, -0.05) is 42.5 Å². The van der Waals surface area contributed by atoms with Gasteiger partial charge in [0.25, 0.3) is 0 Å². The monoisotopic (exact) mass is 364 g/mol. The van der Waals surface area contributed by atoms with Gasteiger partial charge >= 0.3 is 6.03 Å². The van der Waals surface area contributed by atoms with Crippen LogP contribution in [0.1, 0.15) is 36.8 Å². The summed E-state index contributed by atoms with van der Waals surface area (Å²) in [6.07, 6.45) is 5.70. The molecule has 1 heterocycles. The van der Waals surface area contributed by atoms with Gasteiger partial charge in [-0.05, 0) is 61.3 Å². The van der Waals surface area contributed by atoms with Crippen molar-refractivity contribution >= 4 is 11.7 Å². The molecule has 1 atom stereocenters. The summed E-state index contributed by atoms with van der Waals surface area (Å²) >= 11 is 0. The van der Waals surface area contributed by atoms with Crippen molar-refractivity contribution in [3.8, 4) is 0 Å². The van der Waals surface area contributed by atoms with Crippen LogP contribution in [-0.4, -0.2) is 36.7 Å². The molecule has 1 N–H and O–H groups in total. The molecule has 1 aliphatic carbocycles. The second-order valence-electron chi connectivity index (χ2n) is 7.78. The van der Waals surface area contributed by atoms with E-state index in [-0.39, 0.29) is 12.1 Å². The van der Waals surface area contributed by atoms with Crippen molar-refractivity contribution in [3.05, 3.63) is 65.7 Å². The van der Waals surface area contributed by atoms with Crippen molar-refractivity contribution in [3.63, 3.8) is 0 Å². The van der Waals surface area contributed by atoms with E-state index in [1.807, 2.05) is 23.1 Å². The van der Waals surface area contributed by atoms with Crippen LogP contribution < -0.4 is 5.32 Å². The molecule has 2 amide bonds. The number of benzene rings is 2. The normalized spacial score (nSPS) is 19.0. The molecule has 2 aromatic rings. The molecule has 0 aromatic heterocycles. The van der Waals surface area contributed by atoms with Crippen LogP contribution in [0.3, 0.4) is 0 Å². The number of nitrogens with one attached hydrogen (secondary N) is 1. The number of urea groups is 1. The number of amides is 2. The zero-order valence-corrected chi connectivity index (χ0v) is 15.8. The number of hydrogen-bond donors (Lipinski definition) is 1. The molecule has 4 heteroatoms. The molecular weight excluding hydrogens is 336 g/mol. The molecule has 2 fully saturated rings. The van der Waals surface area contributed by atoms with Crippen LogP contribution in [0, 0.1) is 5.92 Å². The number of nitrogens with zero attached hydrogens (tertiary/aromatic N) is 1. The Morgan fingerprint density at radius 2 is 1.81 bits per heavy atom. The van der Waals surface area contributed by atoms with Gasteiger partial charge in [-0.25, -0.2) is 4.79 Å². The highest BCUT2D eigenvalue weighted by Gasteiger charge is 2.29. The zero-order chi connectivity index (χ0) is 18.5. The Labute approximate surface area is 161 Å². The Morgan fingerprint density at radius 3 is 2.56 bits per heavy atom. The summed E-state index contributed by atoms with van der Waals surface area (Å²) in [6, 6.07) is 18.6. The van der Waals surface area contributed by atoms with E-state index in [2.05, 4.69) is 41.7 Å². The molecule has 2 aliphatic rings. The fourth-order valence-corrected chi connectivity index (χ4v) is 3.68. The Bertz CT molecular complexity index is 752. The van der Waals surface area contributed by atoms with Crippen LogP contribution in [-0.2, 0) is 11.2 Å². The van der Waals surface area contributed by atoms with Crippen molar-refractivity contribution in [2.45, 2.75) is 38.2 Å². The number of carbonyl (C=O) groups is 1. The summed E-state index contributed by atoms with van der Waals surface area (Å²) < 4.78 is 5.75. The molecule has 2 aromatic carbocycles. The number of ether oxygens (including phenoxy) is 1. The molecule has 1 aliphatic heterocycles. The molecule has 27 heavy (non-hydrogen) atoms. The minimum absolute atomic E-state index is 0.00531. The van der Waals surface area contributed by atoms with E-state index in [9.17, 15) is 4.79 Å². The van der Waals surface area contributed by atoms with E-state index in [1.165, 1.54) is 24.0 Å². The number of carbonyl (C=O) groups excluding carboxylic acids is 1. The highest BCUT2D eigenvalue weighted by Crippen LogP contribution is 2.30. The highest BCUT2D eigenvalue weighted by atomic mass is 16.5. The molecule has 1 saturated heterocycles. The van der Waals surface area contributed by atoms with Crippen molar-refractivity contribution in [1.29, 1.82) is 0 Å². The summed E-state index contributed by atoms with van der Waals surface area (Å²) in [4.78, 5) is 14.8. The number of rotatable bonds is 7. The molecule has 0 radical (unpaired) electrons. The molecule has 4 nitrogen and oxygen atoms in total. The minimum atomic E-state index is -0.00531. The fourth-order valence-electron chi connectivity index (χ4n) is 3.68. The largest absolute Gasteiger partial charge is 0.376 e. The maximum Gasteiger partial charge on any atom is 0.321 e. The van der Waals surface area contributed by atoms with E-state index in [0.29, 0.717) is 12.5 Å². The molecule has 0 bridgehead atoms. The van der Waals surface area contributed by atoms with Gasteiger partial charge in [0.05, 0.1) is 6.10 Å². The third-order valence-corrected chi connectivity index (χ3v) is 5.34. The third-order valence-electron chi connectivity index (χ3n) is 5.34. The first-order chi connectivity index (χ1) is 13.3. The maximum absolute atomic E-state index is 12.9. The van der Waals surface area contributed by atoms with Crippen molar-refractivity contribution in [2.24, 2.45) is 5.92 Å². The Morgan fingerprint density at radius 1 is 1.00 bits per heavy atom. The maximum atomic E-state index is 12.9. The lowest BCUT2D eigenvalue weighted by Crippen LogP contribution is -2.41. The average Bonchev–Trinajstić information content (AvgIpc) is 3.35. The first kappa shape index (κ1) is 18.1. The van der Waals surface area contributed by atoms with Gasteiger partial charge in [0.15, 0.2) is 0 Å². The molecule has 1 saturated carbocycles. The van der Waals surface area contributed by atoms with Gasteiger partial charge in [-0.2, -0.15) is 0 Å². The molecule has 142 valence electrons. The lowest BCUT2D eigenvalue weighted by Gasteiger charge is -2.26. The summed E-state index contributed by atoms with van der Waals surface area (Å²) in [5.74, 6) is 0.668. The third kappa shape index (κ3) is 5.33. The summed E-state index contributed by atoms with van der Waals surface area (Å²) in [5.41, 5.74) is 3.34. The second kappa shape index (κ2) is 8.57. The molecule has 0 spiro atoms. The predicted octanol–water partition coefficient (Wildman–Crippen LogP) is 4.70. The molecular formula is C23H28N2O2. The van der Waals surface area contributed by atoms with E-state index in [4.69, 9.17) is 4.74 Å². The standard InChI is InChI=1S/C23H28N2O2/c26-23(25(16-19-11-12-19)17-22-10-5-13-27-22)24-21-9-4-8-20(15-21)14-18-6-2-1-3-7-18/h1-4,6-9,15,19,22H,5,10-14,16-17H2,(H,24,26)/t22-/m0/s1. The van der Waals surface area contributed by atoms with Crippen LogP contribution in [0.2, 0.25) is 0 Å². The Hall–Kier alpha value is -2.33. The summed E-state index contributed by atoms with van der Waals surface area (Å²) in [6.45, 7) is 2.37.